The summed E-state index contributed by atoms with van der Waals surface area (Å²) in [4.78, 5) is 0. The molecule has 0 spiro atoms. The highest BCUT2D eigenvalue weighted by molar-refractivity contribution is 5.97. The van der Waals surface area contributed by atoms with Gasteiger partial charge < -0.3 is 15.7 Å². The van der Waals surface area contributed by atoms with Crippen molar-refractivity contribution in [1.29, 1.82) is 0 Å². The summed E-state index contributed by atoms with van der Waals surface area (Å²) in [7, 11) is 0. The molecule has 0 heterocycles. The normalized spacial score (nSPS) is 11.4. The number of nitrogens with zero attached hydrogens (tertiary/aromatic N) is 1. The van der Waals surface area contributed by atoms with Gasteiger partial charge in [-0.1, -0.05) is 29.4 Å². The third kappa shape index (κ3) is 3.03. The van der Waals surface area contributed by atoms with Crippen molar-refractivity contribution in [3.05, 3.63) is 65.2 Å². The molecule has 0 aliphatic carbocycles. The molecule has 6 heteroatoms. The van der Waals surface area contributed by atoms with Gasteiger partial charge in [-0.3, -0.25) is 0 Å². The summed E-state index contributed by atoms with van der Waals surface area (Å²) in [6.07, 6.45) is 0. The lowest BCUT2D eigenvalue weighted by atomic mass is 10.1. The molecule has 0 amide bonds. The van der Waals surface area contributed by atoms with Crippen LogP contribution in [0.3, 0.4) is 0 Å². The maximum absolute atomic E-state index is 13.4. The van der Waals surface area contributed by atoms with Crippen LogP contribution in [0, 0.1) is 11.6 Å². The van der Waals surface area contributed by atoms with Gasteiger partial charge in [-0.2, -0.15) is 4.39 Å². The van der Waals surface area contributed by atoms with Crippen LogP contribution in [0.2, 0.25) is 0 Å². The highest BCUT2D eigenvalue weighted by Crippen LogP contribution is 2.20. The number of oxime groups is 1. The molecule has 0 aliphatic rings. The molecule has 20 heavy (non-hydrogen) atoms. The van der Waals surface area contributed by atoms with E-state index < -0.39 is 11.6 Å². The van der Waals surface area contributed by atoms with Crippen molar-refractivity contribution in [3.8, 4) is 5.75 Å². The van der Waals surface area contributed by atoms with Crippen LogP contribution in [0.25, 0.3) is 0 Å². The number of hydrogen-bond acceptors (Lipinski definition) is 3. The molecule has 0 saturated heterocycles. The molecule has 0 unspecified atom stereocenters. The first-order chi connectivity index (χ1) is 9.61. The molecule has 0 fully saturated rings. The Balaban J connectivity index is 2.13. The van der Waals surface area contributed by atoms with Gasteiger partial charge in [-0.25, -0.2) is 4.39 Å². The Hall–Kier alpha value is -2.63. The van der Waals surface area contributed by atoms with Crippen LogP contribution >= 0.6 is 0 Å². The van der Waals surface area contributed by atoms with E-state index in [9.17, 15) is 8.78 Å². The van der Waals surface area contributed by atoms with Crippen LogP contribution in [0.4, 0.5) is 8.78 Å². The SMILES string of the molecule is NC(=NO)c1cccc(COc2cccc(F)c2F)c1. The molecule has 0 radical (unpaired) electrons. The largest absolute Gasteiger partial charge is 0.486 e. The maximum atomic E-state index is 13.4. The summed E-state index contributed by atoms with van der Waals surface area (Å²) in [5.41, 5.74) is 6.65. The van der Waals surface area contributed by atoms with Gasteiger partial charge in [-0.15, -0.1) is 0 Å². The molecule has 2 aromatic rings. The highest BCUT2D eigenvalue weighted by atomic mass is 19.2. The fourth-order valence-corrected chi connectivity index (χ4v) is 1.63. The molecule has 0 atom stereocenters. The van der Waals surface area contributed by atoms with Crippen molar-refractivity contribution >= 4 is 5.84 Å². The summed E-state index contributed by atoms with van der Waals surface area (Å²) < 4.78 is 31.6. The van der Waals surface area contributed by atoms with Crippen LogP contribution in [0.1, 0.15) is 11.1 Å². The van der Waals surface area contributed by atoms with E-state index in [2.05, 4.69) is 5.16 Å². The number of rotatable bonds is 4. The number of amidine groups is 1. The summed E-state index contributed by atoms with van der Waals surface area (Å²) in [5, 5.41) is 11.5. The zero-order valence-electron chi connectivity index (χ0n) is 10.4. The van der Waals surface area contributed by atoms with Crippen LogP contribution < -0.4 is 10.5 Å². The van der Waals surface area contributed by atoms with Gasteiger partial charge in [-0.05, 0) is 23.8 Å². The van der Waals surface area contributed by atoms with Crippen LogP contribution in [-0.2, 0) is 6.61 Å². The van der Waals surface area contributed by atoms with Crippen LogP contribution in [-0.4, -0.2) is 11.0 Å². The lowest BCUT2D eigenvalue weighted by Crippen LogP contribution is -2.13. The Morgan fingerprint density at radius 2 is 1.95 bits per heavy atom. The van der Waals surface area contributed by atoms with Gasteiger partial charge in [0, 0.05) is 5.56 Å². The van der Waals surface area contributed by atoms with Crippen molar-refractivity contribution in [2.75, 3.05) is 0 Å². The predicted molar refractivity (Wildman–Crippen MR) is 69.6 cm³/mol. The Labute approximate surface area is 114 Å². The average Bonchev–Trinajstić information content (AvgIpc) is 2.48. The monoisotopic (exact) mass is 278 g/mol. The molecule has 0 aliphatic heterocycles. The van der Waals surface area contributed by atoms with Crippen molar-refractivity contribution < 1.29 is 18.7 Å². The van der Waals surface area contributed by atoms with E-state index in [1.807, 2.05) is 0 Å². The van der Waals surface area contributed by atoms with E-state index in [4.69, 9.17) is 15.7 Å². The molecule has 0 bridgehead atoms. The molecule has 0 aromatic heterocycles. The van der Waals surface area contributed by atoms with Crippen molar-refractivity contribution in [2.24, 2.45) is 10.9 Å². The molecule has 104 valence electrons. The summed E-state index contributed by atoms with van der Waals surface area (Å²) in [6.45, 7) is 0.0346. The van der Waals surface area contributed by atoms with Crippen LogP contribution in [0.15, 0.2) is 47.6 Å². The minimum atomic E-state index is -1.03. The van der Waals surface area contributed by atoms with Gasteiger partial charge in [0.15, 0.2) is 17.4 Å². The third-order valence-electron chi connectivity index (χ3n) is 2.64. The summed E-state index contributed by atoms with van der Waals surface area (Å²) in [5.74, 6) is -2.20. The summed E-state index contributed by atoms with van der Waals surface area (Å²) in [6, 6.07) is 10.4. The minimum Gasteiger partial charge on any atom is -0.486 e. The first-order valence-electron chi connectivity index (χ1n) is 5.75. The quantitative estimate of drug-likeness (QED) is 0.391. The second-order valence-electron chi connectivity index (χ2n) is 4.03. The molecule has 0 saturated carbocycles. The first-order valence-corrected chi connectivity index (χ1v) is 5.75. The van der Waals surface area contributed by atoms with Gasteiger partial charge in [0.1, 0.15) is 6.61 Å². The lowest BCUT2D eigenvalue weighted by molar-refractivity contribution is 0.284. The molecule has 4 nitrogen and oxygen atoms in total. The summed E-state index contributed by atoms with van der Waals surface area (Å²) >= 11 is 0. The predicted octanol–water partition coefficient (Wildman–Crippen LogP) is 2.64. The Bertz CT molecular complexity index is 645. The van der Waals surface area contributed by atoms with Crippen molar-refractivity contribution in [3.63, 3.8) is 0 Å². The fourth-order valence-electron chi connectivity index (χ4n) is 1.63. The smallest absolute Gasteiger partial charge is 0.200 e. The second kappa shape index (κ2) is 6.01. The first kappa shape index (κ1) is 13.8. The second-order valence-corrected chi connectivity index (χ2v) is 4.03. The Morgan fingerprint density at radius 3 is 2.70 bits per heavy atom. The van der Waals surface area contributed by atoms with E-state index in [1.165, 1.54) is 12.1 Å². The number of ether oxygens (including phenoxy) is 1. The van der Waals surface area contributed by atoms with Gasteiger partial charge in [0.2, 0.25) is 5.82 Å². The van der Waals surface area contributed by atoms with Crippen molar-refractivity contribution in [2.45, 2.75) is 6.61 Å². The zero-order chi connectivity index (χ0) is 14.5. The third-order valence-corrected chi connectivity index (χ3v) is 2.64. The Morgan fingerprint density at radius 1 is 1.20 bits per heavy atom. The molecule has 2 rings (SSSR count). The van der Waals surface area contributed by atoms with E-state index in [1.54, 1.807) is 24.3 Å². The Kier molecular flexibility index (Phi) is 4.14. The van der Waals surface area contributed by atoms with Gasteiger partial charge in [0.25, 0.3) is 0 Å². The number of hydrogen-bond donors (Lipinski definition) is 2. The number of halogens is 2. The lowest BCUT2D eigenvalue weighted by Gasteiger charge is -2.08. The zero-order valence-corrected chi connectivity index (χ0v) is 10.4. The van der Waals surface area contributed by atoms with Crippen molar-refractivity contribution in [1.82, 2.24) is 0 Å². The standard InChI is InChI=1S/C14H12F2N2O2/c15-11-5-2-6-12(13(11)16)20-8-9-3-1-4-10(7-9)14(17)18-19/h1-7,19H,8H2,(H2,17,18). The topological polar surface area (TPSA) is 67.8 Å². The molecule has 2 aromatic carbocycles. The average molecular weight is 278 g/mol. The van der Waals surface area contributed by atoms with Gasteiger partial charge >= 0.3 is 0 Å². The number of benzene rings is 2. The van der Waals surface area contributed by atoms with E-state index in [-0.39, 0.29) is 18.2 Å². The fraction of sp³-hybridized carbons (Fsp3) is 0.0714. The molecule has 3 N–H and O–H groups in total. The molecular weight excluding hydrogens is 266 g/mol. The number of nitrogens with two attached hydrogens (primary N) is 1. The van der Waals surface area contributed by atoms with Gasteiger partial charge in [0.05, 0.1) is 0 Å². The van der Waals surface area contributed by atoms with Crippen LogP contribution in [0.5, 0.6) is 5.75 Å². The maximum Gasteiger partial charge on any atom is 0.200 e. The van der Waals surface area contributed by atoms with E-state index in [0.717, 1.165) is 6.07 Å². The highest BCUT2D eigenvalue weighted by Gasteiger charge is 2.09. The van der Waals surface area contributed by atoms with E-state index in [0.29, 0.717) is 11.1 Å². The van der Waals surface area contributed by atoms with E-state index >= 15 is 0 Å². The molecular formula is C14H12F2N2O2. The minimum absolute atomic E-state index is 0.0346.